The number of anilines is 2. The lowest BCUT2D eigenvalue weighted by atomic mass is 10.3. The summed E-state index contributed by atoms with van der Waals surface area (Å²) in [5.41, 5.74) is 6.10. The lowest BCUT2D eigenvalue weighted by molar-refractivity contribution is -0.116. The fraction of sp³-hybridized carbons (Fsp3) is 0.0909. The molecule has 1 aromatic carbocycles. The second-order valence-electron chi connectivity index (χ2n) is 3.62. The van der Waals surface area contributed by atoms with Crippen molar-refractivity contribution in [1.29, 1.82) is 0 Å². The van der Waals surface area contributed by atoms with Gasteiger partial charge in [-0.3, -0.25) is 9.48 Å². The predicted octanol–water partition coefficient (Wildman–Crippen LogP) is 2.41. The van der Waals surface area contributed by atoms with Crippen molar-refractivity contribution in [3.8, 4) is 0 Å². The number of halogens is 2. The molecule has 0 saturated heterocycles. The van der Waals surface area contributed by atoms with Crippen molar-refractivity contribution in [3.05, 3.63) is 40.5 Å². The fourth-order valence-electron chi connectivity index (χ4n) is 1.41. The van der Waals surface area contributed by atoms with E-state index >= 15 is 0 Å². The van der Waals surface area contributed by atoms with Crippen LogP contribution >= 0.6 is 23.2 Å². The number of benzene rings is 1. The molecule has 1 amide bonds. The van der Waals surface area contributed by atoms with Crippen LogP contribution < -0.4 is 11.1 Å². The van der Waals surface area contributed by atoms with E-state index in [9.17, 15) is 4.79 Å². The zero-order valence-corrected chi connectivity index (χ0v) is 10.7. The zero-order chi connectivity index (χ0) is 13.1. The van der Waals surface area contributed by atoms with Crippen LogP contribution in [0.4, 0.5) is 11.5 Å². The molecule has 1 aromatic heterocycles. The molecule has 2 rings (SSSR count). The summed E-state index contributed by atoms with van der Waals surface area (Å²) in [4.78, 5) is 11.7. The number of rotatable bonds is 3. The van der Waals surface area contributed by atoms with Gasteiger partial charge in [0.05, 0.1) is 0 Å². The molecule has 0 bridgehead atoms. The number of nitrogens with two attached hydrogens (primary N) is 1. The van der Waals surface area contributed by atoms with Gasteiger partial charge in [0.15, 0.2) is 5.82 Å². The molecule has 2 aromatic rings. The van der Waals surface area contributed by atoms with Crippen LogP contribution in [0.15, 0.2) is 30.5 Å². The normalized spacial score (nSPS) is 10.3. The molecule has 0 aliphatic heterocycles. The first-order valence-electron chi connectivity index (χ1n) is 5.08. The lowest BCUT2D eigenvalue weighted by Gasteiger charge is -2.05. The van der Waals surface area contributed by atoms with E-state index in [0.717, 1.165) is 0 Å². The first-order chi connectivity index (χ1) is 8.54. The minimum absolute atomic E-state index is 0.0312. The number of nitrogens with one attached hydrogen (secondary N) is 1. The molecule has 5 nitrogen and oxygen atoms in total. The fourth-order valence-corrected chi connectivity index (χ4v) is 1.75. The van der Waals surface area contributed by atoms with E-state index < -0.39 is 0 Å². The topological polar surface area (TPSA) is 72.9 Å². The van der Waals surface area contributed by atoms with E-state index in [2.05, 4.69) is 10.4 Å². The van der Waals surface area contributed by atoms with Crippen LogP contribution in [0.3, 0.4) is 0 Å². The van der Waals surface area contributed by atoms with Gasteiger partial charge in [-0.2, -0.15) is 5.10 Å². The third-order valence-corrected chi connectivity index (χ3v) is 2.68. The van der Waals surface area contributed by atoms with Gasteiger partial charge in [0, 0.05) is 16.9 Å². The summed E-state index contributed by atoms with van der Waals surface area (Å²) in [6.07, 6.45) is 1.49. The van der Waals surface area contributed by atoms with Gasteiger partial charge in [0.1, 0.15) is 11.6 Å². The van der Waals surface area contributed by atoms with Crippen molar-refractivity contribution in [2.75, 3.05) is 11.1 Å². The summed E-state index contributed by atoms with van der Waals surface area (Å²) in [7, 11) is 0. The molecular weight excluding hydrogens is 275 g/mol. The number of hydrogen-bond acceptors (Lipinski definition) is 3. The predicted molar refractivity (Wildman–Crippen MR) is 71.7 cm³/mol. The number of carbonyl (C=O) groups excluding carboxylic acids is 1. The van der Waals surface area contributed by atoms with Crippen molar-refractivity contribution in [2.45, 2.75) is 6.54 Å². The number of aromatic nitrogens is 2. The van der Waals surface area contributed by atoms with Gasteiger partial charge in [0.25, 0.3) is 0 Å². The summed E-state index contributed by atoms with van der Waals surface area (Å²) in [5, 5.41) is 7.46. The monoisotopic (exact) mass is 284 g/mol. The largest absolute Gasteiger partial charge is 0.381 e. The van der Waals surface area contributed by atoms with Crippen LogP contribution in [0.5, 0.6) is 0 Å². The van der Waals surface area contributed by atoms with Crippen LogP contribution in [0.1, 0.15) is 0 Å². The van der Waals surface area contributed by atoms with E-state index in [1.54, 1.807) is 24.3 Å². The van der Waals surface area contributed by atoms with Gasteiger partial charge in [-0.25, -0.2) is 0 Å². The summed E-state index contributed by atoms with van der Waals surface area (Å²) in [6.45, 7) is 0.0312. The van der Waals surface area contributed by atoms with Crippen LogP contribution in [-0.2, 0) is 11.3 Å². The maximum Gasteiger partial charge on any atom is 0.246 e. The number of hydrogen-bond donors (Lipinski definition) is 2. The highest BCUT2D eigenvalue weighted by atomic mass is 35.5. The van der Waals surface area contributed by atoms with E-state index in [4.69, 9.17) is 28.9 Å². The molecule has 18 heavy (non-hydrogen) atoms. The minimum Gasteiger partial charge on any atom is -0.381 e. The number of nitrogens with zero attached hydrogens (tertiary/aromatic N) is 2. The van der Waals surface area contributed by atoms with Crippen LogP contribution in [0.2, 0.25) is 10.0 Å². The highest BCUT2D eigenvalue weighted by Crippen LogP contribution is 2.16. The van der Waals surface area contributed by atoms with Crippen molar-refractivity contribution in [2.24, 2.45) is 0 Å². The molecule has 0 aliphatic rings. The van der Waals surface area contributed by atoms with E-state index in [0.29, 0.717) is 15.7 Å². The Hall–Kier alpha value is -1.72. The van der Waals surface area contributed by atoms with Crippen molar-refractivity contribution < 1.29 is 4.79 Å². The lowest BCUT2D eigenvalue weighted by Crippen LogP contribution is -2.19. The number of carbonyl (C=O) groups is 1. The smallest absolute Gasteiger partial charge is 0.246 e. The molecule has 0 fully saturated rings. The third-order valence-electron chi connectivity index (χ3n) is 2.16. The second kappa shape index (κ2) is 5.29. The Bertz CT molecular complexity index is 563. The number of nitrogen functional groups attached to an aromatic ring is 1. The molecule has 0 aliphatic carbocycles. The highest BCUT2D eigenvalue weighted by Gasteiger charge is 2.07. The standard InChI is InChI=1S/C11H10Cl2N4O/c12-7-2-1-3-8(4-7)15-10(18)6-17-5-9(13)11(14)16-17/h1-5H,6H2,(H2,14,16)(H,15,18). The number of amides is 1. The molecule has 0 atom stereocenters. The molecule has 0 unspecified atom stereocenters. The molecular formula is C11H10Cl2N4O. The summed E-state index contributed by atoms with van der Waals surface area (Å²) in [5.74, 6) is -0.0383. The Morgan fingerprint density at radius 3 is 2.83 bits per heavy atom. The molecule has 1 heterocycles. The van der Waals surface area contributed by atoms with Gasteiger partial charge in [0.2, 0.25) is 5.91 Å². The van der Waals surface area contributed by atoms with Gasteiger partial charge >= 0.3 is 0 Å². The maximum atomic E-state index is 11.7. The van der Waals surface area contributed by atoms with Crippen LogP contribution in [0.25, 0.3) is 0 Å². The third kappa shape index (κ3) is 3.15. The molecule has 0 saturated carbocycles. The van der Waals surface area contributed by atoms with Crippen molar-refractivity contribution in [1.82, 2.24) is 9.78 Å². The van der Waals surface area contributed by atoms with E-state index in [-0.39, 0.29) is 18.3 Å². The second-order valence-corrected chi connectivity index (χ2v) is 4.46. The Balaban J connectivity index is 2.01. The molecule has 0 radical (unpaired) electrons. The first kappa shape index (κ1) is 12.7. The summed E-state index contributed by atoms with van der Waals surface area (Å²) < 4.78 is 1.37. The van der Waals surface area contributed by atoms with Crippen molar-refractivity contribution >= 4 is 40.6 Å². The molecule has 3 N–H and O–H groups in total. The van der Waals surface area contributed by atoms with E-state index in [1.807, 2.05) is 0 Å². The zero-order valence-electron chi connectivity index (χ0n) is 9.23. The maximum absolute atomic E-state index is 11.7. The van der Waals surface area contributed by atoms with Gasteiger partial charge in [-0.15, -0.1) is 0 Å². The Morgan fingerprint density at radius 1 is 1.44 bits per heavy atom. The average Bonchev–Trinajstić information content (AvgIpc) is 2.57. The van der Waals surface area contributed by atoms with E-state index in [1.165, 1.54) is 10.9 Å². The van der Waals surface area contributed by atoms with Crippen molar-refractivity contribution in [3.63, 3.8) is 0 Å². The van der Waals surface area contributed by atoms with Gasteiger partial charge in [-0.05, 0) is 18.2 Å². The highest BCUT2D eigenvalue weighted by molar-refractivity contribution is 6.32. The van der Waals surface area contributed by atoms with Gasteiger partial charge < -0.3 is 11.1 Å². The Kier molecular flexibility index (Phi) is 3.74. The SMILES string of the molecule is Nc1nn(CC(=O)Nc2cccc(Cl)c2)cc1Cl. The molecule has 94 valence electrons. The Morgan fingerprint density at radius 2 is 2.22 bits per heavy atom. The summed E-state index contributed by atoms with van der Waals surface area (Å²) in [6, 6.07) is 6.88. The van der Waals surface area contributed by atoms with Gasteiger partial charge in [-0.1, -0.05) is 29.3 Å². The Labute approximate surface area is 113 Å². The average molecular weight is 285 g/mol. The van der Waals surface area contributed by atoms with Crippen LogP contribution in [-0.4, -0.2) is 15.7 Å². The molecule has 7 heteroatoms. The first-order valence-corrected chi connectivity index (χ1v) is 5.84. The summed E-state index contributed by atoms with van der Waals surface area (Å²) >= 11 is 11.5. The molecule has 0 spiro atoms. The minimum atomic E-state index is -0.239. The van der Waals surface area contributed by atoms with Crippen LogP contribution in [0, 0.1) is 0 Å². The quantitative estimate of drug-likeness (QED) is 0.909.